The third-order valence-electron chi connectivity index (χ3n) is 3.03. The van der Waals surface area contributed by atoms with Crippen molar-refractivity contribution in [1.82, 2.24) is 9.88 Å². The van der Waals surface area contributed by atoms with Crippen molar-refractivity contribution in [2.75, 3.05) is 5.43 Å². The maximum Gasteiger partial charge on any atom is 0.235 e. The second kappa shape index (κ2) is 4.38. The van der Waals surface area contributed by atoms with Crippen molar-refractivity contribution >= 4 is 17.6 Å². The molecule has 0 spiro atoms. The Morgan fingerprint density at radius 3 is 2.78 bits per heavy atom. The second-order valence-corrected chi connectivity index (χ2v) is 5.04. The van der Waals surface area contributed by atoms with Crippen LogP contribution >= 0.6 is 0 Å². The number of pyridine rings is 1. The molecule has 6 heteroatoms. The summed E-state index contributed by atoms with van der Waals surface area (Å²) >= 11 is 0. The number of nitrogen functional groups attached to an aromatic ring is 1. The first-order valence-electron chi connectivity index (χ1n) is 5.70. The van der Waals surface area contributed by atoms with Crippen molar-refractivity contribution < 1.29 is 9.59 Å². The van der Waals surface area contributed by atoms with Crippen LogP contribution in [0.3, 0.4) is 0 Å². The van der Waals surface area contributed by atoms with Gasteiger partial charge in [0.05, 0.1) is 12.0 Å². The number of amides is 2. The summed E-state index contributed by atoms with van der Waals surface area (Å²) in [5.74, 6) is 5.50. The van der Waals surface area contributed by atoms with Crippen molar-refractivity contribution in [3.05, 3.63) is 23.9 Å². The van der Waals surface area contributed by atoms with Crippen LogP contribution in [0, 0.1) is 5.41 Å². The molecular formula is C12H16N4O2. The third kappa shape index (κ3) is 2.19. The number of nitrogens with one attached hydrogen (secondary N) is 1. The lowest BCUT2D eigenvalue weighted by Crippen LogP contribution is -2.32. The average molecular weight is 248 g/mol. The van der Waals surface area contributed by atoms with Crippen LogP contribution in [0.2, 0.25) is 0 Å². The van der Waals surface area contributed by atoms with Gasteiger partial charge in [0.1, 0.15) is 5.82 Å². The van der Waals surface area contributed by atoms with Gasteiger partial charge in [0.25, 0.3) is 0 Å². The third-order valence-corrected chi connectivity index (χ3v) is 3.03. The molecule has 0 radical (unpaired) electrons. The minimum Gasteiger partial charge on any atom is -0.308 e. The Kier molecular flexibility index (Phi) is 3.04. The predicted octanol–water partition coefficient (Wildman–Crippen LogP) is 0.652. The van der Waals surface area contributed by atoms with E-state index in [0.29, 0.717) is 5.82 Å². The zero-order valence-electron chi connectivity index (χ0n) is 10.4. The molecule has 1 aliphatic heterocycles. The maximum absolute atomic E-state index is 12.0. The van der Waals surface area contributed by atoms with Gasteiger partial charge in [-0.1, -0.05) is 13.8 Å². The van der Waals surface area contributed by atoms with E-state index in [2.05, 4.69) is 10.4 Å². The fraction of sp³-hybridized carbons (Fsp3) is 0.417. The Labute approximate surface area is 105 Å². The Bertz CT molecular complexity index is 499. The highest BCUT2D eigenvalue weighted by atomic mass is 16.2. The van der Waals surface area contributed by atoms with Gasteiger partial charge in [-0.2, -0.15) is 0 Å². The smallest absolute Gasteiger partial charge is 0.235 e. The van der Waals surface area contributed by atoms with E-state index in [9.17, 15) is 9.59 Å². The highest BCUT2D eigenvalue weighted by Crippen LogP contribution is 2.32. The predicted molar refractivity (Wildman–Crippen MR) is 66.0 cm³/mol. The Hall–Kier alpha value is -1.95. The number of likely N-dealkylation sites (tertiary alicyclic amines) is 1. The average Bonchev–Trinajstić information content (AvgIpc) is 2.52. The zero-order chi connectivity index (χ0) is 13.3. The van der Waals surface area contributed by atoms with Gasteiger partial charge in [-0.3, -0.25) is 14.5 Å². The quantitative estimate of drug-likeness (QED) is 0.466. The Morgan fingerprint density at radius 2 is 2.22 bits per heavy atom. The zero-order valence-corrected chi connectivity index (χ0v) is 10.4. The number of carbonyl (C=O) groups excluding carboxylic acids is 2. The summed E-state index contributed by atoms with van der Waals surface area (Å²) in [7, 11) is 0. The molecule has 1 aliphatic rings. The standard InChI is InChI=1S/C12H16N4O2/c1-12(2)6-10(17)16(11(12)18)7-8-3-4-14-9(5-8)15-13/h3-5H,6-7,13H2,1-2H3,(H,14,15). The van der Waals surface area contributed by atoms with Crippen LogP contribution < -0.4 is 11.3 Å². The molecule has 0 atom stereocenters. The van der Waals surface area contributed by atoms with E-state index in [4.69, 9.17) is 5.84 Å². The molecule has 0 aromatic carbocycles. The summed E-state index contributed by atoms with van der Waals surface area (Å²) in [6.07, 6.45) is 1.85. The molecule has 2 amide bonds. The molecule has 3 N–H and O–H groups in total. The van der Waals surface area contributed by atoms with Crippen molar-refractivity contribution in [1.29, 1.82) is 0 Å². The van der Waals surface area contributed by atoms with E-state index in [1.807, 2.05) is 0 Å². The van der Waals surface area contributed by atoms with Crippen LogP contribution in [-0.4, -0.2) is 21.7 Å². The molecule has 0 bridgehead atoms. The fourth-order valence-electron chi connectivity index (χ4n) is 2.02. The molecule has 0 saturated carbocycles. The molecule has 1 fully saturated rings. The molecule has 6 nitrogen and oxygen atoms in total. The van der Waals surface area contributed by atoms with E-state index in [-0.39, 0.29) is 24.8 Å². The minimum atomic E-state index is -0.598. The molecule has 2 rings (SSSR count). The lowest BCUT2D eigenvalue weighted by Gasteiger charge is -2.17. The van der Waals surface area contributed by atoms with E-state index in [1.165, 1.54) is 4.90 Å². The summed E-state index contributed by atoms with van der Waals surface area (Å²) in [5.41, 5.74) is 2.65. The molecule has 0 aliphatic carbocycles. The first-order valence-corrected chi connectivity index (χ1v) is 5.70. The molecular weight excluding hydrogens is 232 g/mol. The highest BCUT2D eigenvalue weighted by Gasteiger charge is 2.44. The molecule has 0 unspecified atom stereocenters. The topological polar surface area (TPSA) is 88.3 Å². The number of hydrazine groups is 1. The SMILES string of the molecule is CC1(C)CC(=O)N(Cc2ccnc(NN)c2)C1=O. The normalized spacial score (nSPS) is 18.3. The Balaban J connectivity index is 2.19. The van der Waals surface area contributed by atoms with Gasteiger partial charge in [-0.05, 0) is 17.7 Å². The summed E-state index contributed by atoms with van der Waals surface area (Å²) in [6.45, 7) is 3.83. The fourth-order valence-corrected chi connectivity index (χ4v) is 2.02. The van der Waals surface area contributed by atoms with Crippen molar-refractivity contribution in [3.8, 4) is 0 Å². The van der Waals surface area contributed by atoms with Crippen LogP contribution in [-0.2, 0) is 16.1 Å². The van der Waals surface area contributed by atoms with Crippen LogP contribution in [0.5, 0.6) is 0 Å². The highest BCUT2D eigenvalue weighted by molar-refractivity contribution is 6.05. The van der Waals surface area contributed by atoms with Crippen LogP contribution in [0.25, 0.3) is 0 Å². The van der Waals surface area contributed by atoms with Crippen LogP contribution in [0.15, 0.2) is 18.3 Å². The molecule has 2 heterocycles. The van der Waals surface area contributed by atoms with Crippen LogP contribution in [0.4, 0.5) is 5.82 Å². The largest absolute Gasteiger partial charge is 0.308 e. The van der Waals surface area contributed by atoms with Gasteiger partial charge in [-0.15, -0.1) is 0 Å². The monoisotopic (exact) mass is 248 g/mol. The van der Waals surface area contributed by atoms with E-state index in [0.717, 1.165) is 5.56 Å². The van der Waals surface area contributed by atoms with Gasteiger partial charge >= 0.3 is 0 Å². The number of hydrogen-bond donors (Lipinski definition) is 2. The van der Waals surface area contributed by atoms with E-state index in [1.54, 1.807) is 32.2 Å². The van der Waals surface area contributed by atoms with Gasteiger partial charge in [0.2, 0.25) is 11.8 Å². The number of nitrogens with zero attached hydrogens (tertiary/aromatic N) is 2. The van der Waals surface area contributed by atoms with Gasteiger partial charge in [0.15, 0.2) is 0 Å². The van der Waals surface area contributed by atoms with Gasteiger partial charge in [0, 0.05) is 12.6 Å². The Morgan fingerprint density at radius 1 is 1.50 bits per heavy atom. The molecule has 1 saturated heterocycles. The van der Waals surface area contributed by atoms with E-state index >= 15 is 0 Å². The lowest BCUT2D eigenvalue weighted by molar-refractivity contribution is -0.141. The molecule has 18 heavy (non-hydrogen) atoms. The minimum absolute atomic E-state index is 0.133. The number of hydrogen-bond acceptors (Lipinski definition) is 5. The molecule has 1 aromatic rings. The van der Waals surface area contributed by atoms with E-state index < -0.39 is 5.41 Å². The summed E-state index contributed by atoms with van der Waals surface area (Å²) in [4.78, 5) is 29.1. The second-order valence-electron chi connectivity index (χ2n) is 5.04. The van der Waals surface area contributed by atoms with Gasteiger partial charge < -0.3 is 5.43 Å². The van der Waals surface area contributed by atoms with Crippen molar-refractivity contribution in [3.63, 3.8) is 0 Å². The number of imide groups is 1. The van der Waals surface area contributed by atoms with Gasteiger partial charge in [-0.25, -0.2) is 10.8 Å². The number of rotatable bonds is 3. The molecule has 1 aromatic heterocycles. The number of carbonyl (C=O) groups is 2. The summed E-state index contributed by atoms with van der Waals surface area (Å²) in [6, 6.07) is 3.47. The lowest BCUT2D eigenvalue weighted by atomic mass is 9.92. The first-order chi connectivity index (χ1) is 8.44. The molecule has 96 valence electrons. The van der Waals surface area contributed by atoms with Crippen molar-refractivity contribution in [2.24, 2.45) is 11.3 Å². The number of aromatic nitrogens is 1. The van der Waals surface area contributed by atoms with Crippen LogP contribution in [0.1, 0.15) is 25.8 Å². The number of anilines is 1. The summed E-state index contributed by atoms with van der Waals surface area (Å²) in [5, 5.41) is 0. The first kappa shape index (κ1) is 12.5. The summed E-state index contributed by atoms with van der Waals surface area (Å²) < 4.78 is 0. The van der Waals surface area contributed by atoms with Crippen molar-refractivity contribution in [2.45, 2.75) is 26.8 Å². The number of nitrogens with two attached hydrogens (primary N) is 1. The maximum atomic E-state index is 12.0.